The zero-order valence-corrected chi connectivity index (χ0v) is 29.4. The molecule has 2 amide bonds. The fraction of sp³-hybridized carbons (Fsp3) is 0.385. The molecule has 276 valence electrons. The summed E-state index contributed by atoms with van der Waals surface area (Å²) in [5.74, 6) is 0.225. The lowest BCUT2D eigenvalue weighted by Crippen LogP contribution is -2.45. The van der Waals surface area contributed by atoms with Crippen LogP contribution in [-0.4, -0.2) is 72.3 Å². The molecule has 5 rings (SSSR count). The summed E-state index contributed by atoms with van der Waals surface area (Å²) in [5, 5.41) is 3.13. The van der Waals surface area contributed by atoms with Gasteiger partial charge in [-0.3, -0.25) is 9.69 Å². The molecule has 1 N–H and O–H groups in total. The predicted molar refractivity (Wildman–Crippen MR) is 191 cm³/mol. The van der Waals surface area contributed by atoms with Gasteiger partial charge in [0.05, 0.1) is 18.8 Å². The smallest absolute Gasteiger partial charge is 0.416 e. The highest BCUT2D eigenvalue weighted by atomic mass is 19.4. The first-order valence-corrected chi connectivity index (χ1v) is 17.6. The molecule has 4 aromatic rings. The Morgan fingerprint density at radius 2 is 1.50 bits per heavy atom. The Morgan fingerprint density at radius 1 is 0.865 bits per heavy atom. The summed E-state index contributed by atoms with van der Waals surface area (Å²) < 4.78 is 56.5. The van der Waals surface area contributed by atoms with E-state index in [1.807, 2.05) is 44.2 Å². The standard InChI is InChI=1S/C39H44F3N5O5/c1-3-50-36-34(37(51-4-2)44-27-43-36)47(38(49)52-26-28-12-6-5-7-13-28)23-11-10-22-46-24-20-31(21-25-46)45-35(48)33-15-9-8-14-32(33)29-16-18-30(19-17-29)39(40,41)42/h5-9,12-19,27,31H,3-4,10-11,20-26H2,1-2H3,(H,45,48). The van der Waals surface area contributed by atoms with Gasteiger partial charge in [0.2, 0.25) is 11.8 Å². The van der Waals surface area contributed by atoms with Crippen molar-refractivity contribution in [1.29, 1.82) is 0 Å². The van der Waals surface area contributed by atoms with Gasteiger partial charge in [0, 0.05) is 31.2 Å². The van der Waals surface area contributed by atoms with Crippen molar-refractivity contribution >= 4 is 17.7 Å². The van der Waals surface area contributed by atoms with Crippen molar-refractivity contribution in [2.45, 2.75) is 58.4 Å². The third-order valence-corrected chi connectivity index (χ3v) is 8.74. The van der Waals surface area contributed by atoms with E-state index >= 15 is 0 Å². The third kappa shape index (κ3) is 10.2. The zero-order valence-electron chi connectivity index (χ0n) is 29.4. The molecule has 52 heavy (non-hydrogen) atoms. The van der Waals surface area contributed by atoms with Crippen molar-refractivity contribution in [3.63, 3.8) is 0 Å². The van der Waals surface area contributed by atoms with Crippen LogP contribution in [0.4, 0.5) is 23.7 Å². The van der Waals surface area contributed by atoms with Gasteiger partial charge in [-0.15, -0.1) is 0 Å². The number of carbonyl (C=O) groups is 2. The van der Waals surface area contributed by atoms with Crippen LogP contribution in [0.5, 0.6) is 11.8 Å². The molecule has 10 nitrogen and oxygen atoms in total. The van der Waals surface area contributed by atoms with Crippen molar-refractivity contribution in [1.82, 2.24) is 20.2 Å². The Morgan fingerprint density at radius 3 is 2.13 bits per heavy atom. The Kier molecular flexibility index (Phi) is 13.4. The van der Waals surface area contributed by atoms with Gasteiger partial charge < -0.3 is 24.4 Å². The topological polar surface area (TPSA) is 106 Å². The number of aromatic nitrogens is 2. The van der Waals surface area contributed by atoms with Crippen molar-refractivity contribution < 1.29 is 37.0 Å². The first kappa shape index (κ1) is 38.1. The van der Waals surface area contributed by atoms with Gasteiger partial charge in [0.25, 0.3) is 5.91 Å². The average Bonchev–Trinajstić information content (AvgIpc) is 3.15. The average molecular weight is 720 g/mol. The largest absolute Gasteiger partial charge is 0.476 e. The second kappa shape index (κ2) is 18.4. The molecule has 3 aromatic carbocycles. The number of likely N-dealkylation sites (tertiary alicyclic amines) is 1. The van der Waals surface area contributed by atoms with Crippen LogP contribution < -0.4 is 19.7 Å². The van der Waals surface area contributed by atoms with Gasteiger partial charge in [-0.05, 0) is 81.0 Å². The van der Waals surface area contributed by atoms with Crippen molar-refractivity contribution in [2.24, 2.45) is 0 Å². The molecule has 2 heterocycles. The van der Waals surface area contributed by atoms with Crippen LogP contribution in [0.2, 0.25) is 0 Å². The van der Waals surface area contributed by atoms with E-state index in [-0.39, 0.29) is 30.3 Å². The first-order chi connectivity index (χ1) is 25.2. The summed E-state index contributed by atoms with van der Waals surface area (Å²) in [7, 11) is 0. The molecule has 0 saturated carbocycles. The normalized spacial score (nSPS) is 13.7. The molecule has 1 fully saturated rings. The molecule has 0 aliphatic carbocycles. The van der Waals surface area contributed by atoms with E-state index in [2.05, 4.69) is 20.2 Å². The SMILES string of the molecule is CCOc1ncnc(OCC)c1N(CCCCN1CCC(NC(=O)c2ccccc2-c2ccc(C(F)(F)F)cc2)CC1)C(=O)OCc1ccccc1. The quantitative estimate of drug-likeness (QED) is 0.124. The van der Waals surface area contributed by atoms with Crippen LogP contribution >= 0.6 is 0 Å². The van der Waals surface area contributed by atoms with Gasteiger partial charge >= 0.3 is 12.3 Å². The predicted octanol–water partition coefficient (Wildman–Crippen LogP) is 7.78. The summed E-state index contributed by atoms with van der Waals surface area (Å²) >= 11 is 0. The van der Waals surface area contributed by atoms with E-state index in [4.69, 9.17) is 14.2 Å². The molecule has 1 aliphatic heterocycles. The van der Waals surface area contributed by atoms with Crippen LogP contribution in [0, 0.1) is 0 Å². The second-order valence-corrected chi connectivity index (χ2v) is 12.3. The third-order valence-electron chi connectivity index (χ3n) is 8.74. The van der Waals surface area contributed by atoms with E-state index in [1.54, 1.807) is 24.3 Å². The number of hydrogen-bond acceptors (Lipinski definition) is 8. The number of unbranched alkanes of at least 4 members (excludes halogenated alkanes) is 1. The number of amides is 2. The van der Waals surface area contributed by atoms with E-state index in [9.17, 15) is 22.8 Å². The summed E-state index contributed by atoms with van der Waals surface area (Å²) in [5.41, 5.74) is 1.99. The Hall–Kier alpha value is -5.17. The van der Waals surface area contributed by atoms with E-state index in [0.717, 1.165) is 56.6 Å². The maximum absolute atomic E-state index is 13.6. The Labute approximate surface area is 301 Å². The Balaban J connectivity index is 1.15. The van der Waals surface area contributed by atoms with Gasteiger partial charge in [-0.2, -0.15) is 23.1 Å². The maximum Gasteiger partial charge on any atom is 0.416 e. The van der Waals surface area contributed by atoms with Crippen LogP contribution in [-0.2, 0) is 17.5 Å². The number of nitrogens with zero attached hydrogens (tertiary/aromatic N) is 4. The number of benzene rings is 3. The van der Waals surface area contributed by atoms with Crippen LogP contribution in [0.3, 0.4) is 0 Å². The van der Waals surface area contributed by atoms with E-state index < -0.39 is 17.8 Å². The van der Waals surface area contributed by atoms with Crippen molar-refractivity contribution in [3.8, 4) is 22.9 Å². The molecular weight excluding hydrogens is 675 g/mol. The summed E-state index contributed by atoms with van der Waals surface area (Å²) in [6.45, 7) is 7.13. The molecule has 1 aromatic heterocycles. The highest BCUT2D eigenvalue weighted by Gasteiger charge is 2.31. The zero-order chi connectivity index (χ0) is 36.9. The Bertz CT molecular complexity index is 1730. The highest BCUT2D eigenvalue weighted by molar-refractivity contribution is 6.01. The lowest BCUT2D eigenvalue weighted by atomic mass is 9.97. The number of piperidine rings is 1. The van der Waals surface area contributed by atoms with Crippen molar-refractivity contribution in [2.75, 3.05) is 44.3 Å². The van der Waals surface area contributed by atoms with Crippen LogP contribution in [0.15, 0.2) is 85.2 Å². The maximum atomic E-state index is 13.6. The molecular formula is C39H44F3N5O5. The molecule has 0 bridgehead atoms. The van der Waals surface area contributed by atoms with Crippen LogP contribution in [0.1, 0.15) is 61.0 Å². The minimum atomic E-state index is -4.43. The summed E-state index contributed by atoms with van der Waals surface area (Å²) in [6.07, 6.45) is -0.689. The molecule has 0 unspecified atom stereocenters. The number of ether oxygens (including phenoxy) is 3. The number of anilines is 1. The fourth-order valence-corrected chi connectivity index (χ4v) is 6.10. The number of alkyl halides is 3. The van der Waals surface area contributed by atoms with Gasteiger partial charge in [0.1, 0.15) is 12.9 Å². The van der Waals surface area contributed by atoms with Gasteiger partial charge in [-0.1, -0.05) is 60.7 Å². The number of rotatable bonds is 15. The number of carbonyl (C=O) groups excluding carboxylic acids is 2. The van der Waals surface area contributed by atoms with E-state index in [0.29, 0.717) is 48.6 Å². The number of hydrogen-bond donors (Lipinski definition) is 1. The molecule has 13 heteroatoms. The lowest BCUT2D eigenvalue weighted by molar-refractivity contribution is -0.137. The lowest BCUT2D eigenvalue weighted by Gasteiger charge is -2.32. The van der Waals surface area contributed by atoms with Gasteiger partial charge in [0.15, 0.2) is 5.69 Å². The second-order valence-electron chi connectivity index (χ2n) is 12.3. The highest BCUT2D eigenvalue weighted by Crippen LogP contribution is 2.36. The molecule has 1 aliphatic rings. The summed E-state index contributed by atoms with van der Waals surface area (Å²) in [6, 6.07) is 21.2. The van der Waals surface area contributed by atoms with Crippen LogP contribution in [0.25, 0.3) is 11.1 Å². The monoisotopic (exact) mass is 719 g/mol. The minimum absolute atomic E-state index is 0.0358. The molecule has 1 saturated heterocycles. The molecule has 0 spiro atoms. The minimum Gasteiger partial charge on any atom is -0.476 e. The van der Waals surface area contributed by atoms with Crippen molar-refractivity contribution in [3.05, 3.63) is 102 Å². The summed E-state index contributed by atoms with van der Waals surface area (Å²) in [4.78, 5) is 39.3. The molecule has 0 atom stereocenters. The van der Waals surface area contributed by atoms with E-state index in [1.165, 1.54) is 23.4 Å². The van der Waals surface area contributed by atoms with Gasteiger partial charge in [-0.25, -0.2) is 4.79 Å². The number of nitrogens with one attached hydrogen (secondary N) is 1. The molecule has 0 radical (unpaired) electrons. The first-order valence-electron chi connectivity index (χ1n) is 17.6. The fourth-order valence-electron chi connectivity index (χ4n) is 6.10. The number of halogens is 3.